The summed E-state index contributed by atoms with van der Waals surface area (Å²) >= 11 is 0. The van der Waals surface area contributed by atoms with E-state index < -0.39 is 16.0 Å². The highest BCUT2D eigenvalue weighted by Crippen LogP contribution is 2.25. The molecule has 8 heteroatoms. The number of esters is 1. The van der Waals surface area contributed by atoms with E-state index in [9.17, 15) is 18.0 Å². The van der Waals surface area contributed by atoms with E-state index in [0.29, 0.717) is 38.5 Å². The van der Waals surface area contributed by atoms with Crippen LogP contribution in [0, 0.1) is 5.92 Å². The van der Waals surface area contributed by atoms with Gasteiger partial charge in [0.05, 0.1) is 10.5 Å². The van der Waals surface area contributed by atoms with Gasteiger partial charge >= 0.3 is 5.97 Å². The lowest BCUT2D eigenvalue weighted by atomic mass is 9.99. The normalized spacial score (nSPS) is 17.6. The molecule has 0 aromatic heterocycles. The van der Waals surface area contributed by atoms with Gasteiger partial charge in [-0.1, -0.05) is 37.3 Å². The van der Waals surface area contributed by atoms with Gasteiger partial charge in [0.1, 0.15) is 0 Å². The van der Waals surface area contributed by atoms with E-state index in [1.807, 2.05) is 24.3 Å². The highest BCUT2D eigenvalue weighted by Gasteiger charge is 2.29. The Kier molecular flexibility index (Phi) is 6.62. The molecule has 0 unspecified atom stereocenters. The largest absolute Gasteiger partial charge is 0.452 e. The number of hydrogen-bond acceptors (Lipinski definition) is 5. The van der Waals surface area contributed by atoms with Crippen molar-refractivity contribution in [2.45, 2.75) is 37.6 Å². The van der Waals surface area contributed by atoms with Crippen LogP contribution in [0.2, 0.25) is 0 Å². The number of benzene rings is 2. The third kappa shape index (κ3) is 4.86. The van der Waals surface area contributed by atoms with Crippen LogP contribution in [0.1, 0.15) is 41.3 Å². The molecule has 170 valence electrons. The fourth-order valence-electron chi connectivity index (χ4n) is 4.17. The highest BCUT2D eigenvalue weighted by atomic mass is 32.2. The zero-order chi connectivity index (χ0) is 22.7. The van der Waals surface area contributed by atoms with E-state index in [4.69, 9.17) is 4.74 Å². The van der Waals surface area contributed by atoms with Gasteiger partial charge in [-0.05, 0) is 54.5 Å². The minimum absolute atomic E-state index is 0.0441. The molecule has 0 atom stereocenters. The summed E-state index contributed by atoms with van der Waals surface area (Å²) in [4.78, 5) is 26.6. The molecule has 2 aliphatic heterocycles. The molecule has 2 aromatic carbocycles. The Balaban J connectivity index is 1.41. The molecule has 1 fully saturated rings. The van der Waals surface area contributed by atoms with Crippen LogP contribution in [0.3, 0.4) is 0 Å². The number of amides is 1. The van der Waals surface area contributed by atoms with E-state index in [-0.39, 0.29) is 23.0 Å². The molecule has 0 N–H and O–H groups in total. The molecule has 4 rings (SSSR count). The van der Waals surface area contributed by atoms with Crippen molar-refractivity contribution < 1.29 is 22.7 Å². The Morgan fingerprint density at radius 1 is 1.00 bits per heavy atom. The molecule has 32 heavy (non-hydrogen) atoms. The lowest BCUT2D eigenvalue weighted by Gasteiger charge is -2.30. The molecular weight excluding hydrogens is 428 g/mol. The Labute approximate surface area is 189 Å². The van der Waals surface area contributed by atoms with Crippen molar-refractivity contribution in [1.29, 1.82) is 0 Å². The first-order valence-corrected chi connectivity index (χ1v) is 12.4. The first kappa shape index (κ1) is 22.5. The monoisotopic (exact) mass is 456 g/mol. The standard InChI is InChI=1S/C24H28N2O5S/c1-18-9-12-25(13-10-18)23(27)17-31-24(28)20-7-4-8-22(15-20)32(29,30)26-14-11-19-5-2-3-6-21(19)16-26/h2-8,15,18H,9-14,16-17H2,1H3. The van der Waals surface area contributed by atoms with Crippen molar-refractivity contribution in [3.05, 3.63) is 65.2 Å². The minimum Gasteiger partial charge on any atom is -0.452 e. The van der Waals surface area contributed by atoms with Crippen molar-refractivity contribution in [2.24, 2.45) is 5.92 Å². The molecule has 0 bridgehead atoms. The van der Waals surface area contributed by atoms with Crippen LogP contribution < -0.4 is 0 Å². The lowest BCUT2D eigenvalue weighted by molar-refractivity contribution is -0.135. The quantitative estimate of drug-likeness (QED) is 0.646. The topological polar surface area (TPSA) is 84.0 Å². The van der Waals surface area contributed by atoms with E-state index in [1.54, 1.807) is 4.90 Å². The average Bonchev–Trinajstić information content (AvgIpc) is 2.82. The number of likely N-dealkylation sites (tertiary alicyclic amines) is 1. The van der Waals surface area contributed by atoms with E-state index in [0.717, 1.165) is 24.0 Å². The van der Waals surface area contributed by atoms with Crippen LogP contribution in [-0.2, 0) is 32.5 Å². The molecule has 0 spiro atoms. The fraction of sp³-hybridized carbons (Fsp3) is 0.417. The number of rotatable bonds is 5. The summed E-state index contributed by atoms with van der Waals surface area (Å²) in [7, 11) is -3.76. The Morgan fingerprint density at radius 2 is 1.72 bits per heavy atom. The predicted molar refractivity (Wildman–Crippen MR) is 119 cm³/mol. The Bertz CT molecular complexity index is 1110. The van der Waals surface area contributed by atoms with Crippen molar-refractivity contribution >= 4 is 21.9 Å². The van der Waals surface area contributed by atoms with Gasteiger partial charge in [-0.3, -0.25) is 4.79 Å². The van der Waals surface area contributed by atoms with E-state index in [1.165, 1.54) is 28.6 Å². The van der Waals surface area contributed by atoms with Gasteiger partial charge in [0.25, 0.3) is 5.91 Å². The molecule has 2 aromatic rings. The lowest BCUT2D eigenvalue weighted by Crippen LogP contribution is -2.40. The van der Waals surface area contributed by atoms with Crippen molar-refractivity contribution in [2.75, 3.05) is 26.2 Å². The molecule has 1 saturated heterocycles. The maximum atomic E-state index is 13.2. The third-order valence-electron chi connectivity index (χ3n) is 6.27. The first-order chi connectivity index (χ1) is 15.3. The van der Waals surface area contributed by atoms with Gasteiger partial charge in [-0.25, -0.2) is 13.2 Å². The smallest absolute Gasteiger partial charge is 0.338 e. The number of hydrogen-bond donors (Lipinski definition) is 0. The molecule has 0 aliphatic carbocycles. The minimum atomic E-state index is -3.76. The van der Waals surface area contributed by atoms with E-state index in [2.05, 4.69) is 6.92 Å². The van der Waals surface area contributed by atoms with Gasteiger partial charge in [-0.2, -0.15) is 4.31 Å². The molecule has 0 radical (unpaired) electrons. The summed E-state index contributed by atoms with van der Waals surface area (Å²) in [6.07, 6.45) is 2.54. The highest BCUT2D eigenvalue weighted by molar-refractivity contribution is 7.89. The number of carbonyl (C=O) groups excluding carboxylic acids is 2. The van der Waals surface area contributed by atoms with Crippen LogP contribution in [0.5, 0.6) is 0 Å². The second kappa shape index (κ2) is 9.42. The number of fused-ring (bicyclic) bond motifs is 1. The van der Waals surface area contributed by atoms with Crippen LogP contribution in [0.4, 0.5) is 0 Å². The van der Waals surface area contributed by atoms with Crippen LogP contribution in [0.15, 0.2) is 53.4 Å². The van der Waals surface area contributed by atoms with Gasteiger partial charge in [0.15, 0.2) is 6.61 Å². The molecular formula is C24H28N2O5S. The van der Waals surface area contributed by atoms with Crippen molar-refractivity contribution in [1.82, 2.24) is 9.21 Å². The maximum Gasteiger partial charge on any atom is 0.338 e. The van der Waals surface area contributed by atoms with Gasteiger partial charge < -0.3 is 9.64 Å². The van der Waals surface area contributed by atoms with Crippen LogP contribution in [-0.4, -0.2) is 55.7 Å². The molecule has 7 nitrogen and oxygen atoms in total. The zero-order valence-electron chi connectivity index (χ0n) is 18.2. The maximum absolute atomic E-state index is 13.2. The molecule has 1 amide bonds. The van der Waals surface area contributed by atoms with E-state index >= 15 is 0 Å². The summed E-state index contributed by atoms with van der Waals surface area (Å²) in [5.74, 6) is -0.328. The summed E-state index contributed by atoms with van der Waals surface area (Å²) < 4.78 is 33.0. The van der Waals surface area contributed by atoms with Gasteiger partial charge in [-0.15, -0.1) is 0 Å². The zero-order valence-corrected chi connectivity index (χ0v) is 19.0. The van der Waals surface area contributed by atoms with Crippen molar-refractivity contribution in [3.8, 4) is 0 Å². The van der Waals surface area contributed by atoms with Crippen LogP contribution >= 0.6 is 0 Å². The number of piperidine rings is 1. The number of sulfonamides is 1. The fourth-order valence-corrected chi connectivity index (χ4v) is 5.63. The summed E-state index contributed by atoms with van der Waals surface area (Å²) in [6, 6.07) is 13.6. The average molecular weight is 457 g/mol. The first-order valence-electron chi connectivity index (χ1n) is 11.0. The second-order valence-corrected chi connectivity index (χ2v) is 10.5. The van der Waals surface area contributed by atoms with Crippen molar-refractivity contribution in [3.63, 3.8) is 0 Å². The molecule has 2 heterocycles. The predicted octanol–water partition coefficient (Wildman–Crippen LogP) is 2.85. The summed E-state index contributed by atoms with van der Waals surface area (Å²) in [6.45, 7) is 3.85. The third-order valence-corrected chi connectivity index (χ3v) is 8.11. The summed E-state index contributed by atoms with van der Waals surface area (Å²) in [5, 5.41) is 0. The Hall–Kier alpha value is -2.71. The second-order valence-electron chi connectivity index (χ2n) is 8.52. The molecule has 2 aliphatic rings. The number of carbonyl (C=O) groups is 2. The Morgan fingerprint density at radius 3 is 2.47 bits per heavy atom. The summed E-state index contributed by atoms with van der Waals surface area (Å²) in [5.41, 5.74) is 2.26. The number of ether oxygens (including phenoxy) is 1. The number of nitrogens with zero attached hydrogens (tertiary/aromatic N) is 2. The SMILES string of the molecule is CC1CCN(C(=O)COC(=O)c2cccc(S(=O)(=O)N3CCc4ccccc4C3)c2)CC1. The molecule has 0 saturated carbocycles. The van der Waals surface area contributed by atoms with Crippen LogP contribution in [0.25, 0.3) is 0 Å². The van der Waals surface area contributed by atoms with Gasteiger partial charge in [0.2, 0.25) is 10.0 Å². The van der Waals surface area contributed by atoms with Gasteiger partial charge in [0, 0.05) is 26.2 Å².